The molecule has 9 heteroatoms. The summed E-state index contributed by atoms with van der Waals surface area (Å²) in [5.41, 5.74) is 29.2. The molecule has 0 atom stereocenters. The van der Waals surface area contributed by atoms with E-state index < -0.39 is 0 Å². The van der Waals surface area contributed by atoms with E-state index in [4.69, 9.17) is 0 Å². The molecule has 630 valence electrons. The molecule has 0 saturated carbocycles. The van der Waals surface area contributed by atoms with Gasteiger partial charge in [0.05, 0.1) is 66.2 Å². The molecule has 9 heterocycles. The van der Waals surface area contributed by atoms with Crippen LogP contribution in [0.4, 0.5) is 0 Å². The molecule has 9 aromatic heterocycles. The van der Waals surface area contributed by atoms with E-state index in [1.54, 1.807) is 0 Å². The average Bonchev–Trinajstić information content (AvgIpc) is 1.56. The van der Waals surface area contributed by atoms with Crippen LogP contribution < -0.4 is 0 Å². The zero-order chi connectivity index (χ0) is 88.5. The van der Waals surface area contributed by atoms with Crippen molar-refractivity contribution in [1.29, 1.82) is 0 Å². The lowest BCUT2D eigenvalue weighted by Crippen LogP contribution is -1.93. The Morgan fingerprint density at radius 2 is 0.378 bits per heavy atom. The first-order chi connectivity index (χ1) is 67.0. The van der Waals surface area contributed by atoms with Gasteiger partial charge < -0.3 is 27.4 Å². The van der Waals surface area contributed by atoms with Crippen LogP contribution in [0.5, 0.6) is 0 Å². The first-order valence-electron chi connectivity index (χ1n) is 46.1. The Bertz CT molecular complexity index is 10000. The Morgan fingerprint density at radius 3 is 0.785 bits per heavy atom. The first kappa shape index (κ1) is 76.9. The molecule has 0 unspecified atom stereocenters. The van der Waals surface area contributed by atoms with Gasteiger partial charge >= 0.3 is 0 Å². The minimum Gasteiger partial charge on any atom is -0.309 e. The van der Waals surface area contributed by atoms with E-state index in [0.717, 1.165) is 0 Å². The van der Waals surface area contributed by atoms with Crippen molar-refractivity contribution in [2.45, 2.75) is 0 Å². The fraction of sp³-hybridized carbons (Fsp3) is 0. The van der Waals surface area contributed by atoms with Crippen molar-refractivity contribution in [3.63, 3.8) is 0 Å². The first-order valence-corrected chi connectivity index (χ1v) is 48.5. The minimum absolute atomic E-state index is 1.18. The zero-order valence-corrected chi connectivity index (χ0v) is 75.4. The molecule has 0 fully saturated rings. The third-order valence-corrected chi connectivity index (χ3v) is 31.4. The standard InChI is InChI=1S/3C42H26N2S/c1-3-11-29(12-4-1)43-36-17-9-7-15-31(36)34-25-27(19-22-37(34)43)28-20-23-38-35(26-28)41-39(44(38)30-13-5-2-6-14-30)24-21-33-32-16-8-10-18-40(32)45-42(33)41;1-3-11-29(12-4-1)43-37-17-9-7-15-31(37)33-23-27(19-21-38(33)43)28-20-22-39-34(24-28)35-25-36-32-16-8-10-18-41(32)45-42(36)26-40(35)44(39)30-13-5-2-6-14-30;1-3-11-29(12-4-1)43-35-17-9-7-15-31(35)33-25-27(19-21-36(33)43)28-20-22-37-34(26-28)41-38(44(37)30-13-5-2-6-14-30)23-24-40-42(41)32-16-8-10-18-39(32)45-40/h3*1-26H. The maximum atomic E-state index is 2.43. The molecular weight excluding hydrogens is 1690 g/mol. The lowest BCUT2D eigenvalue weighted by Gasteiger charge is -2.09. The monoisotopic (exact) mass is 1770 g/mol. The molecule has 0 radical (unpaired) electrons. The van der Waals surface area contributed by atoms with Crippen LogP contribution in [0.1, 0.15) is 0 Å². The molecule has 0 aliphatic rings. The number of para-hydroxylation sites is 9. The van der Waals surface area contributed by atoms with Gasteiger partial charge in [0.25, 0.3) is 0 Å². The minimum atomic E-state index is 1.18. The Morgan fingerprint density at radius 1 is 0.119 bits per heavy atom. The molecule has 30 rings (SSSR count). The molecule has 0 aliphatic carbocycles. The van der Waals surface area contributed by atoms with E-state index in [2.05, 4.69) is 501 Å². The second-order valence-corrected chi connectivity index (χ2v) is 38.5. The molecule has 135 heavy (non-hydrogen) atoms. The highest BCUT2D eigenvalue weighted by atomic mass is 32.1. The van der Waals surface area contributed by atoms with E-state index in [-0.39, 0.29) is 0 Å². The van der Waals surface area contributed by atoms with Gasteiger partial charge in [-0.1, -0.05) is 261 Å². The van der Waals surface area contributed by atoms with Gasteiger partial charge in [-0.25, -0.2) is 0 Å². The second kappa shape index (κ2) is 30.9. The molecule has 0 bridgehead atoms. The Labute approximate surface area is 787 Å². The van der Waals surface area contributed by atoms with Gasteiger partial charge in [0.2, 0.25) is 0 Å². The number of rotatable bonds is 9. The van der Waals surface area contributed by atoms with Crippen LogP contribution in [0.3, 0.4) is 0 Å². The Balaban J connectivity index is 0.000000101. The highest BCUT2D eigenvalue weighted by Crippen LogP contribution is 2.50. The molecule has 0 spiro atoms. The fourth-order valence-electron chi connectivity index (χ4n) is 22.0. The maximum absolute atomic E-state index is 2.43. The second-order valence-electron chi connectivity index (χ2n) is 35.3. The van der Waals surface area contributed by atoms with Crippen molar-refractivity contribution < 1.29 is 0 Å². The number of thiophene rings is 3. The lowest BCUT2D eigenvalue weighted by molar-refractivity contribution is 1.18. The van der Waals surface area contributed by atoms with Crippen LogP contribution in [0.15, 0.2) is 473 Å². The molecular formula is C126H78N6S3. The summed E-state index contributed by atoms with van der Waals surface area (Å²) in [6, 6.07) is 173. The van der Waals surface area contributed by atoms with Crippen LogP contribution >= 0.6 is 34.0 Å². The zero-order valence-electron chi connectivity index (χ0n) is 72.9. The summed E-state index contributed by atoms with van der Waals surface area (Å²) in [4.78, 5) is 0. The van der Waals surface area contributed by atoms with Crippen LogP contribution in [-0.4, -0.2) is 27.4 Å². The van der Waals surface area contributed by atoms with Gasteiger partial charge in [-0.2, -0.15) is 0 Å². The molecule has 6 nitrogen and oxygen atoms in total. The van der Waals surface area contributed by atoms with E-state index in [1.807, 2.05) is 34.0 Å². The van der Waals surface area contributed by atoms with E-state index in [1.165, 1.54) is 259 Å². The summed E-state index contributed by atoms with van der Waals surface area (Å²) in [7, 11) is 0. The molecule has 0 amide bonds. The number of fused-ring (bicyclic) bond motifs is 29. The molecule has 0 aliphatic heterocycles. The van der Waals surface area contributed by atoms with Gasteiger partial charge in [-0.15, -0.1) is 34.0 Å². The third kappa shape index (κ3) is 12.2. The normalized spacial score (nSPS) is 12.0. The lowest BCUT2D eigenvalue weighted by atomic mass is 9.99. The quantitative estimate of drug-likeness (QED) is 0.138. The number of hydrogen-bond acceptors (Lipinski definition) is 3. The van der Waals surface area contributed by atoms with Crippen molar-refractivity contribution >= 4 is 225 Å². The smallest absolute Gasteiger partial charge is 0.0555 e. The molecule has 0 saturated heterocycles. The van der Waals surface area contributed by atoms with Gasteiger partial charge in [-0.05, 0) is 246 Å². The molecule has 0 N–H and O–H groups in total. The number of hydrogen-bond donors (Lipinski definition) is 0. The fourth-order valence-corrected chi connectivity index (χ4v) is 25.5. The van der Waals surface area contributed by atoms with Crippen LogP contribution in [0.2, 0.25) is 0 Å². The summed E-state index contributed by atoms with van der Waals surface area (Å²) in [5, 5.41) is 23.4. The summed E-state index contributed by atoms with van der Waals surface area (Å²) in [6.07, 6.45) is 0. The van der Waals surface area contributed by atoms with E-state index in [0.29, 0.717) is 0 Å². The van der Waals surface area contributed by atoms with Crippen LogP contribution in [-0.2, 0) is 0 Å². The predicted octanol–water partition coefficient (Wildman–Crippen LogP) is 35.7. The summed E-state index contributed by atoms with van der Waals surface area (Å²) in [6.45, 7) is 0. The van der Waals surface area contributed by atoms with Crippen LogP contribution in [0, 0.1) is 0 Å². The maximum Gasteiger partial charge on any atom is 0.0555 e. The van der Waals surface area contributed by atoms with E-state index >= 15 is 0 Å². The van der Waals surface area contributed by atoms with Gasteiger partial charge in [0.1, 0.15) is 0 Å². The number of aromatic nitrogens is 6. The van der Waals surface area contributed by atoms with E-state index in [9.17, 15) is 0 Å². The topological polar surface area (TPSA) is 29.6 Å². The SMILES string of the molecule is c1ccc(-n2c3ccccc3c3cc(-c4ccc5c(c4)c4c6c(ccc4n5-c4ccccc4)sc4ccccc46)ccc32)cc1.c1ccc(-n2c3ccccc3c3cc(-c4ccc5c(c4)c4c6sc7ccccc7c6ccc4n5-c4ccccc4)ccc32)cc1.c1ccc(-n2c3ccccc3c3cc(-c4ccc5c(c4)c4cc6c(cc4n5-c4ccccc4)sc4ccccc46)ccc32)cc1. The summed E-state index contributed by atoms with van der Waals surface area (Å²) in [5.74, 6) is 0. The Hall–Kier alpha value is -16.9. The predicted molar refractivity (Wildman–Crippen MR) is 580 cm³/mol. The summed E-state index contributed by atoms with van der Waals surface area (Å²) >= 11 is 5.66. The largest absolute Gasteiger partial charge is 0.309 e. The van der Waals surface area contributed by atoms with Crippen molar-refractivity contribution in [1.82, 2.24) is 27.4 Å². The number of benzene rings is 21. The highest BCUT2D eigenvalue weighted by Gasteiger charge is 2.25. The van der Waals surface area contributed by atoms with Crippen molar-refractivity contribution in [3.05, 3.63) is 473 Å². The van der Waals surface area contributed by atoms with Gasteiger partial charge in [0, 0.05) is 159 Å². The van der Waals surface area contributed by atoms with Crippen molar-refractivity contribution in [2.75, 3.05) is 0 Å². The van der Waals surface area contributed by atoms with Gasteiger partial charge in [0.15, 0.2) is 0 Å². The number of nitrogens with zero attached hydrogens (tertiary/aromatic N) is 6. The van der Waals surface area contributed by atoms with Crippen molar-refractivity contribution in [3.8, 4) is 67.5 Å². The Kier molecular flexibility index (Phi) is 17.6. The molecule has 21 aromatic carbocycles. The third-order valence-electron chi connectivity index (χ3n) is 27.9. The van der Waals surface area contributed by atoms with Gasteiger partial charge in [-0.3, -0.25) is 0 Å². The summed E-state index contributed by atoms with van der Waals surface area (Å²) < 4.78 is 22.4. The highest BCUT2D eigenvalue weighted by molar-refractivity contribution is 7.27. The van der Waals surface area contributed by atoms with Crippen molar-refractivity contribution in [2.24, 2.45) is 0 Å². The average molecular weight is 1770 g/mol. The molecule has 30 aromatic rings. The van der Waals surface area contributed by atoms with Crippen LogP contribution in [0.25, 0.3) is 259 Å².